The second kappa shape index (κ2) is 8.14. The highest BCUT2D eigenvalue weighted by atomic mass is 16.5. The molecule has 0 atom stereocenters. The summed E-state index contributed by atoms with van der Waals surface area (Å²) in [5.41, 5.74) is 2.29. The van der Waals surface area contributed by atoms with E-state index in [1.807, 2.05) is 49.1 Å². The van der Waals surface area contributed by atoms with E-state index in [1.165, 1.54) is 5.56 Å². The molecule has 0 saturated carbocycles. The summed E-state index contributed by atoms with van der Waals surface area (Å²) in [5.74, 6) is 2.50. The number of aromatic nitrogens is 4. The van der Waals surface area contributed by atoms with E-state index in [4.69, 9.17) is 4.74 Å². The molecule has 0 spiro atoms. The Hall–Kier alpha value is -3.41. The number of nitrogens with zero attached hydrogens (tertiary/aromatic N) is 5. The highest BCUT2D eigenvalue weighted by Crippen LogP contribution is 2.23. The molecule has 1 aliphatic rings. The third-order valence-electron chi connectivity index (χ3n) is 5.63. The average molecular weight is 398 g/mol. The van der Waals surface area contributed by atoms with Gasteiger partial charge in [0.25, 0.3) is 0 Å². The quantitative estimate of drug-likeness (QED) is 0.504. The van der Waals surface area contributed by atoms with Gasteiger partial charge in [0.05, 0.1) is 11.7 Å². The first-order valence-corrected chi connectivity index (χ1v) is 10.5. The second-order valence-electron chi connectivity index (χ2n) is 7.57. The highest BCUT2D eigenvalue weighted by molar-refractivity contribution is 5.81. The Morgan fingerprint density at radius 3 is 2.60 bits per heavy atom. The SMILES string of the molecule is CCc1cnc(N2CCC(Oc3ccc(-n4ccc5c[c]ccc54)nc3)CC2)nc1. The molecule has 30 heavy (non-hydrogen) atoms. The van der Waals surface area contributed by atoms with Gasteiger partial charge in [-0.25, -0.2) is 15.0 Å². The van der Waals surface area contributed by atoms with Crippen LogP contribution < -0.4 is 9.64 Å². The van der Waals surface area contributed by atoms with Gasteiger partial charge in [-0.3, -0.25) is 0 Å². The van der Waals surface area contributed by atoms with Gasteiger partial charge in [0.1, 0.15) is 17.7 Å². The van der Waals surface area contributed by atoms with Crippen molar-refractivity contribution in [1.29, 1.82) is 0 Å². The number of anilines is 1. The van der Waals surface area contributed by atoms with Crippen LogP contribution in [0.1, 0.15) is 25.3 Å². The lowest BCUT2D eigenvalue weighted by molar-refractivity contribution is 0.170. The zero-order valence-electron chi connectivity index (χ0n) is 17.0. The molecule has 1 fully saturated rings. The molecule has 6 heteroatoms. The van der Waals surface area contributed by atoms with Crippen LogP contribution in [0.4, 0.5) is 5.95 Å². The minimum atomic E-state index is 0.187. The number of benzene rings is 1. The maximum Gasteiger partial charge on any atom is 0.225 e. The van der Waals surface area contributed by atoms with Gasteiger partial charge in [-0.05, 0) is 48.4 Å². The zero-order valence-corrected chi connectivity index (χ0v) is 17.0. The molecule has 0 bridgehead atoms. The largest absolute Gasteiger partial charge is 0.489 e. The molecule has 0 amide bonds. The molecule has 0 aliphatic carbocycles. The summed E-state index contributed by atoms with van der Waals surface area (Å²) in [6.07, 6.45) is 10.7. The molecular formula is C24H24N5O. The van der Waals surface area contributed by atoms with Gasteiger partial charge in [0.2, 0.25) is 5.95 Å². The van der Waals surface area contributed by atoms with E-state index in [9.17, 15) is 0 Å². The van der Waals surface area contributed by atoms with Gasteiger partial charge >= 0.3 is 0 Å². The molecule has 5 rings (SSSR count). The summed E-state index contributed by atoms with van der Waals surface area (Å²) in [7, 11) is 0. The monoisotopic (exact) mass is 398 g/mol. The third kappa shape index (κ3) is 3.73. The maximum absolute atomic E-state index is 6.19. The maximum atomic E-state index is 6.19. The van der Waals surface area contributed by atoms with Crippen LogP contribution in [0, 0.1) is 6.07 Å². The molecule has 3 aromatic heterocycles. The van der Waals surface area contributed by atoms with E-state index < -0.39 is 0 Å². The number of pyridine rings is 1. The normalized spacial score (nSPS) is 14.9. The number of aryl methyl sites for hydroxylation is 1. The van der Waals surface area contributed by atoms with Crippen molar-refractivity contribution in [2.75, 3.05) is 18.0 Å². The standard InChI is InChI=1S/C24H24N5O/c1-2-18-15-26-24(27-16-18)28-12-10-20(11-13-28)30-21-7-8-23(25-17-21)29-14-9-19-5-3-4-6-22(19)29/h4-9,14-17,20H,2,10-13H2,1H3. The van der Waals surface area contributed by atoms with E-state index in [1.54, 1.807) is 0 Å². The fraction of sp³-hybridized carbons (Fsp3) is 0.292. The van der Waals surface area contributed by atoms with Crippen molar-refractivity contribution in [3.8, 4) is 11.6 Å². The van der Waals surface area contributed by atoms with Crippen LogP contribution in [0.15, 0.2) is 61.2 Å². The number of ether oxygens (including phenoxy) is 1. The zero-order chi connectivity index (χ0) is 20.3. The summed E-state index contributed by atoms with van der Waals surface area (Å²) in [5, 5.41) is 1.15. The van der Waals surface area contributed by atoms with Crippen molar-refractivity contribution in [1.82, 2.24) is 19.5 Å². The summed E-state index contributed by atoms with van der Waals surface area (Å²) in [6, 6.07) is 15.1. The van der Waals surface area contributed by atoms with E-state index in [0.717, 1.165) is 60.8 Å². The number of hydrogen-bond acceptors (Lipinski definition) is 5. The van der Waals surface area contributed by atoms with Crippen LogP contribution in [-0.2, 0) is 6.42 Å². The second-order valence-corrected chi connectivity index (χ2v) is 7.57. The average Bonchev–Trinajstić information content (AvgIpc) is 3.24. The van der Waals surface area contributed by atoms with E-state index in [0.29, 0.717) is 0 Å². The first kappa shape index (κ1) is 18.6. The number of fused-ring (bicyclic) bond motifs is 1. The van der Waals surface area contributed by atoms with E-state index in [2.05, 4.69) is 49.5 Å². The summed E-state index contributed by atoms with van der Waals surface area (Å²) >= 11 is 0. The number of rotatable bonds is 5. The van der Waals surface area contributed by atoms with Gasteiger partial charge < -0.3 is 14.2 Å². The summed E-state index contributed by atoms with van der Waals surface area (Å²) < 4.78 is 8.27. The lowest BCUT2D eigenvalue weighted by atomic mass is 10.1. The van der Waals surface area contributed by atoms with E-state index >= 15 is 0 Å². The fourth-order valence-electron chi connectivity index (χ4n) is 3.87. The van der Waals surface area contributed by atoms with Crippen LogP contribution in [0.5, 0.6) is 5.75 Å². The molecule has 0 unspecified atom stereocenters. The predicted octanol–water partition coefficient (Wildman–Crippen LogP) is 4.23. The van der Waals surface area contributed by atoms with Gasteiger partial charge in [-0.1, -0.05) is 13.0 Å². The number of hydrogen-bond donors (Lipinski definition) is 0. The van der Waals surface area contributed by atoms with Crippen molar-refractivity contribution < 1.29 is 4.74 Å². The lowest BCUT2D eigenvalue weighted by Gasteiger charge is -2.32. The van der Waals surface area contributed by atoms with Gasteiger partial charge in [0, 0.05) is 49.9 Å². The number of piperidine rings is 1. The molecule has 4 aromatic rings. The van der Waals surface area contributed by atoms with Crippen LogP contribution in [0.2, 0.25) is 0 Å². The fourth-order valence-corrected chi connectivity index (χ4v) is 3.87. The Balaban J connectivity index is 1.21. The molecule has 4 heterocycles. The Morgan fingerprint density at radius 2 is 1.87 bits per heavy atom. The highest BCUT2D eigenvalue weighted by Gasteiger charge is 2.22. The molecule has 6 nitrogen and oxygen atoms in total. The molecular weight excluding hydrogens is 374 g/mol. The van der Waals surface area contributed by atoms with Crippen LogP contribution >= 0.6 is 0 Å². The first-order chi connectivity index (χ1) is 14.8. The molecule has 0 N–H and O–H groups in total. The van der Waals surface area contributed by atoms with Crippen molar-refractivity contribution in [3.63, 3.8) is 0 Å². The van der Waals surface area contributed by atoms with Gasteiger partial charge in [-0.2, -0.15) is 0 Å². The minimum absolute atomic E-state index is 0.187. The Bertz CT molecular complexity index is 1110. The van der Waals surface area contributed by atoms with Crippen molar-refractivity contribution in [2.45, 2.75) is 32.3 Å². The lowest BCUT2D eigenvalue weighted by Crippen LogP contribution is -2.39. The van der Waals surface area contributed by atoms with Gasteiger partial charge in [0.15, 0.2) is 0 Å². The molecule has 1 aliphatic heterocycles. The van der Waals surface area contributed by atoms with Crippen molar-refractivity contribution >= 4 is 16.9 Å². The van der Waals surface area contributed by atoms with Crippen LogP contribution in [0.25, 0.3) is 16.7 Å². The smallest absolute Gasteiger partial charge is 0.225 e. The predicted molar refractivity (Wildman–Crippen MR) is 117 cm³/mol. The summed E-state index contributed by atoms with van der Waals surface area (Å²) in [4.78, 5) is 15.8. The van der Waals surface area contributed by atoms with E-state index in [-0.39, 0.29) is 6.10 Å². The topological polar surface area (TPSA) is 56.1 Å². The first-order valence-electron chi connectivity index (χ1n) is 10.5. The molecule has 1 aromatic carbocycles. The molecule has 1 saturated heterocycles. The van der Waals surface area contributed by atoms with Crippen LogP contribution in [0.3, 0.4) is 0 Å². The minimum Gasteiger partial charge on any atom is -0.489 e. The van der Waals surface area contributed by atoms with Crippen LogP contribution in [-0.4, -0.2) is 38.7 Å². The third-order valence-corrected chi connectivity index (χ3v) is 5.63. The Morgan fingerprint density at radius 1 is 1.03 bits per heavy atom. The van der Waals surface area contributed by atoms with Crippen molar-refractivity contribution in [3.05, 3.63) is 72.8 Å². The molecule has 151 valence electrons. The Kier molecular flexibility index (Phi) is 5.05. The van der Waals surface area contributed by atoms with Gasteiger partial charge in [-0.15, -0.1) is 0 Å². The Labute approximate surface area is 176 Å². The van der Waals surface area contributed by atoms with Crippen molar-refractivity contribution in [2.24, 2.45) is 0 Å². The summed E-state index contributed by atoms with van der Waals surface area (Å²) in [6.45, 7) is 3.91. The molecule has 1 radical (unpaired) electrons.